The van der Waals surface area contributed by atoms with Gasteiger partial charge in [-0.25, -0.2) is 0 Å². The van der Waals surface area contributed by atoms with Crippen molar-refractivity contribution in [2.45, 2.75) is 25.0 Å². The van der Waals surface area contributed by atoms with E-state index in [1.165, 1.54) is 6.08 Å². The molecule has 0 saturated carbocycles. The van der Waals surface area contributed by atoms with Crippen molar-refractivity contribution < 1.29 is 4.74 Å². The summed E-state index contributed by atoms with van der Waals surface area (Å²) in [7, 11) is 0. The molecule has 1 heterocycles. The Hall–Kier alpha value is -2.09. The van der Waals surface area contributed by atoms with Crippen molar-refractivity contribution in [2.75, 3.05) is 0 Å². The fourth-order valence-electron chi connectivity index (χ4n) is 1.50. The van der Waals surface area contributed by atoms with Crippen LogP contribution in [0.3, 0.4) is 0 Å². The average molecular weight is 199 g/mol. The van der Waals surface area contributed by atoms with Crippen LogP contribution in [-0.2, 0) is 4.74 Å². The first-order valence-corrected chi connectivity index (χ1v) is 4.28. The Balaban J connectivity index is 3.50. The highest BCUT2D eigenvalue weighted by Crippen LogP contribution is 2.42. The van der Waals surface area contributed by atoms with Crippen LogP contribution in [-0.4, -0.2) is 11.2 Å². The highest BCUT2D eigenvalue weighted by atomic mass is 16.5. The van der Waals surface area contributed by atoms with Gasteiger partial charge in [0.1, 0.15) is 23.8 Å². The Morgan fingerprint density at radius 1 is 1.33 bits per heavy atom. The number of nitrogens with zero attached hydrogens (tertiary/aromatic N) is 3. The number of nitriles is 3. The normalized spacial score (nSPS) is 27.7. The van der Waals surface area contributed by atoms with Crippen molar-refractivity contribution in [3.05, 3.63) is 23.8 Å². The first kappa shape index (κ1) is 11.0. The molecule has 0 N–H and O–H groups in total. The van der Waals surface area contributed by atoms with Crippen LogP contribution in [0.25, 0.3) is 0 Å². The maximum Gasteiger partial charge on any atom is 0.278 e. The van der Waals surface area contributed by atoms with Gasteiger partial charge in [0.15, 0.2) is 0 Å². The summed E-state index contributed by atoms with van der Waals surface area (Å²) >= 11 is 0. The van der Waals surface area contributed by atoms with Gasteiger partial charge >= 0.3 is 0 Å². The van der Waals surface area contributed by atoms with Crippen molar-refractivity contribution >= 4 is 0 Å². The maximum atomic E-state index is 8.95. The van der Waals surface area contributed by atoms with Crippen LogP contribution in [0.5, 0.6) is 0 Å². The van der Waals surface area contributed by atoms with E-state index in [4.69, 9.17) is 20.5 Å². The molecule has 15 heavy (non-hydrogen) atoms. The predicted molar refractivity (Wildman–Crippen MR) is 52.0 cm³/mol. The quantitative estimate of drug-likeness (QED) is 0.600. The molecule has 4 nitrogen and oxygen atoms in total. The second kappa shape index (κ2) is 3.24. The van der Waals surface area contributed by atoms with E-state index in [0.717, 1.165) is 0 Å². The summed E-state index contributed by atoms with van der Waals surface area (Å²) in [4.78, 5) is 0. The van der Waals surface area contributed by atoms with Gasteiger partial charge in [-0.3, -0.25) is 0 Å². The van der Waals surface area contributed by atoms with Crippen LogP contribution in [0.4, 0.5) is 0 Å². The van der Waals surface area contributed by atoms with Gasteiger partial charge in [-0.05, 0) is 19.4 Å². The van der Waals surface area contributed by atoms with Gasteiger partial charge in [-0.1, -0.05) is 12.7 Å². The van der Waals surface area contributed by atoms with E-state index in [0.29, 0.717) is 5.57 Å². The van der Waals surface area contributed by atoms with E-state index < -0.39 is 11.2 Å². The minimum Gasteiger partial charge on any atom is -0.329 e. The molecule has 0 aromatic heterocycles. The largest absolute Gasteiger partial charge is 0.329 e. The molecule has 1 unspecified atom stereocenters. The molecule has 4 heteroatoms. The molecule has 1 aliphatic rings. The monoisotopic (exact) mass is 199 g/mol. The SMILES string of the molecule is C=CC1(C)OC(C#N)(C#N)C(C#N)=C1C. The molecule has 0 amide bonds. The molecule has 0 aromatic carbocycles. The minimum atomic E-state index is -1.79. The Kier molecular flexibility index (Phi) is 2.37. The highest BCUT2D eigenvalue weighted by molar-refractivity contribution is 5.55. The molecule has 74 valence electrons. The predicted octanol–water partition coefficient (Wildman–Crippen LogP) is 1.59. The molecule has 0 fully saturated rings. The van der Waals surface area contributed by atoms with Crippen LogP contribution < -0.4 is 0 Å². The fourth-order valence-corrected chi connectivity index (χ4v) is 1.50. The molecule has 0 bridgehead atoms. The molecule has 1 rings (SSSR count). The third kappa shape index (κ3) is 1.22. The molecule has 0 spiro atoms. The zero-order chi connectivity index (χ0) is 11.7. The molecular weight excluding hydrogens is 190 g/mol. The minimum absolute atomic E-state index is 0.0647. The van der Waals surface area contributed by atoms with E-state index in [2.05, 4.69) is 6.58 Å². The summed E-state index contributed by atoms with van der Waals surface area (Å²) in [6, 6.07) is 5.33. The Bertz CT molecular complexity index is 456. The smallest absolute Gasteiger partial charge is 0.278 e. The summed E-state index contributed by atoms with van der Waals surface area (Å²) in [6.45, 7) is 6.91. The number of rotatable bonds is 1. The van der Waals surface area contributed by atoms with Crippen LogP contribution in [0.1, 0.15) is 13.8 Å². The zero-order valence-corrected chi connectivity index (χ0v) is 8.53. The zero-order valence-electron chi connectivity index (χ0n) is 8.53. The van der Waals surface area contributed by atoms with Crippen molar-refractivity contribution in [2.24, 2.45) is 0 Å². The number of hydrogen-bond donors (Lipinski definition) is 0. The van der Waals surface area contributed by atoms with Crippen molar-refractivity contribution in [1.82, 2.24) is 0 Å². The first-order valence-electron chi connectivity index (χ1n) is 4.28. The molecule has 0 aliphatic carbocycles. The van der Waals surface area contributed by atoms with Gasteiger partial charge in [-0.15, -0.1) is 0 Å². The van der Waals surface area contributed by atoms with Crippen LogP contribution in [0.15, 0.2) is 23.8 Å². The maximum absolute atomic E-state index is 8.95. The lowest BCUT2D eigenvalue weighted by Gasteiger charge is -2.23. The molecule has 0 aromatic rings. The Morgan fingerprint density at radius 3 is 2.13 bits per heavy atom. The molecule has 0 saturated heterocycles. The standard InChI is InChI=1S/C11H9N3O/c1-4-10(3)8(2)9(5-12)11(6-13,7-14)15-10/h4H,1H2,2-3H3. The summed E-state index contributed by atoms with van der Waals surface area (Å²) < 4.78 is 5.36. The first-order chi connectivity index (χ1) is 6.99. The van der Waals surface area contributed by atoms with Crippen LogP contribution in [0.2, 0.25) is 0 Å². The topological polar surface area (TPSA) is 80.6 Å². The summed E-state index contributed by atoms with van der Waals surface area (Å²) in [5.74, 6) is 0. The second-order valence-corrected chi connectivity index (χ2v) is 3.43. The van der Waals surface area contributed by atoms with E-state index in [1.807, 2.05) is 6.07 Å². The highest BCUT2D eigenvalue weighted by Gasteiger charge is 2.51. The van der Waals surface area contributed by atoms with Gasteiger partial charge in [-0.2, -0.15) is 15.8 Å². The van der Waals surface area contributed by atoms with Gasteiger partial charge < -0.3 is 4.74 Å². The van der Waals surface area contributed by atoms with E-state index in [1.54, 1.807) is 26.0 Å². The Morgan fingerprint density at radius 2 is 1.87 bits per heavy atom. The van der Waals surface area contributed by atoms with Crippen LogP contribution >= 0.6 is 0 Å². The van der Waals surface area contributed by atoms with E-state index in [-0.39, 0.29) is 5.57 Å². The second-order valence-electron chi connectivity index (χ2n) is 3.43. The van der Waals surface area contributed by atoms with E-state index in [9.17, 15) is 0 Å². The third-order valence-corrected chi connectivity index (χ3v) is 2.65. The van der Waals surface area contributed by atoms with E-state index >= 15 is 0 Å². The summed E-state index contributed by atoms with van der Waals surface area (Å²) in [5, 5.41) is 26.8. The molecule has 1 atom stereocenters. The summed E-state index contributed by atoms with van der Waals surface area (Å²) in [6.07, 6.45) is 1.48. The lowest BCUT2D eigenvalue weighted by atomic mass is 9.91. The third-order valence-electron chi connectivity index (χ3n) is 2.65. The van der Waals surface area contributed by atoms with Crippen molar-refractivity contribution in [3.63, 3.8) is 0 Å². The van der Waals surface area contributed by atoms with Gasteiger partial charge in [0.05, 0.1) is 5.57 Å². The molecule has 1 aliphatic heterocycles. The lowest BCUT2D eigenvalue weighted by molar-refractivity contribution is 0.00352. The number of ether oxygens (including phenoxy) is 1. The van der Waals surface area contributed by atoms with Gasteiger partial charge in [0.2, 0.25) is 0 Å². The molecular formula is C11H9N3O. The lowest BCUT2D eigenvalue weighted by Crippen LogP contribution is -2.33. The fraction of sp³-hybridized carbons (Fsp3) is 0.364. The average Bonchev–Trinajstić information content (AvgIpc) is 2.49. The molecule has 0 radical (unpaired) electrons. The van der Waals surface area contributed by atoms with Gasteiger partial charge in [0, 0.05) is 0 Å². The summed E-state index contributed by atoms with van der Waals surface area (Å²) in [5.41, 5.74) is -2.09. The Labute approximate surface area is 88.3 Å². The number of hydrogen-bond acceptors (Lipinski definition) is 4. The van der Waals surface area contributed by atoms with Gasteiger partial charge in [0.25, 0.3) is 5.60 Å². The van der Waals surface area contributed by atoms with Crippen molar-refractivity contribution in [1.29, 1.82) is 15.8 Å². The van der Waals surface area contributed by atoms with Crippen LogP contribution in [0, 0.1) is 34.0 Å². The van der Waals surface area contributed by atoms with Crippen molar-refractivity contribution in [3.8, 4) is 18.2 Å².